The summed E-state index contributed by atoms with van der Waals surface area (Å²) < 4.78 is 2.16. The first-order chi connectivity index (χ1) is 13.7. The quantitative estimate of drug-likeness (QED) is 0.535. The van der Waals surface area contributed by atoms with Crippen LogP contribution in [0.1, 0.15) is 12.6 Å². The van der Waals surface area contributed by atoms with Crippen molar-refractivity contribution in [3.05, 3.63) is 79.1 Å². The van der Waals surface area contributed by atoms with Gasteiger partial charge in [-0.3, -0.25) is 4.79 Å². The molecule has 6 nitrogen and oxygen atoms in total. The van der Waals surface area contributed by atoms with Gasteiger partial charge in [-0.2, -0.15) is 0 Å². The van der Waals surface area contributed by atoms with Crippen molar-refractivity contribution in [2.24, 2.45) is 0 Å². The van der Waals surface area contributed by atoms with Crippen molar-refractivity contribution in [3.63, 3.8) is 0 Å². The Hall–Kier alpha value is -3.67. The van der Waals surface area contributed by atoms with Crippen LogP contribution in [0.2, 0.25) is 0 Å². The zero-order valence-corrected chi connectivity index (χ0v) is 15.6. The zero-order valence-electron chi connectivity index (χ0n) is 15.6. The molecule has 6 heteroatoms. The van der Waals surface area contributed by atoms with Gasteiger partial charge in [0, 0.05) is 48.6 Å². The first kappa shape index (κ1) is 17.7. The predicted molar refractivity (Wildman–Crippen MR) is 110 cm³/mol. The number of H-pyrrole nitrogens is 1. The van der Waals surface area contributed by atoms with E-state index in [-0.39, 0.29) is 5.91 Å². The highest BCUT2D eigenvalue weighted by molar-refractivity contribution is 5.89. The van der Waals surface area contributed by atoms with Crippen molar-refractivity contribution in [1.82, 2.24) is 19.5 Å². The van der Waals surface area contributed by atoms with E-state index >= 15 is 0 Å². The van der Waals surface area contributed by atoms with Gasteiger partial charge in [0.15, 0.2) is 0 Å². The summed E-state index contributed by atoms with van der Waals surface area (Å²) >= 11 is 0. The highest BCUT2D eigenvalue weighted by Gasteiger charge is 2.15. The number of nitrogens with one attached hydrogen (secondary N) is 2. The van der Waals surface area contributed by atoms with Gasteiger partial charge in [-0.15, -0.1) is 0 Å². The third-order valence-corrected chi connectivity index (χ3v) is 4.54. The minimum atomic E-state index is -0.0812. The summed E-state index contributed by atoms with van der Waals surface area (Å²) in [6, 6.07) is 18.0. The standard InChI is InChI=1S/C22H21N5O/c1-16(28)26-19-9-7-18(8-10-19)22-21(17-5-3-2-4-6-17)25-15-27(22)12-11-20-13-23-14-24-20/h2-10,13-15H,11-12H2,1H3,(H,23,24)(H,26,28). The molecule has 2 heterocycles. The molecule has 2 aromatic heterocycles. The Morgan fingerprint density at radius 3 is 2.54 bits per heavy atom. The number of hydrogen-bond acceptors (Lipinski definition) is 3. The fourth-order valence-corrected chi connectivity index (χ4v) is 3.24. The van der Waals surface area contributed by atoms with Crippen molar-refractivity contribution < 1.29 is 4.79 Å². The average molecular weight is 371 g/mol. The number of aromatic amines is 1. The number of hydrogen-bond donors (Lipinski definition) is 2. The number of anilines is 1. The third-order valence-electron chi connectivity index (χ3n) is 4.54. The van der Waals surface area contributed by atoms with Gasteiger partial charge in [0.1, 0.15) is 0 Å². The normalized spacial score (nSPS) is 10.8. The number of benzene rings is 2. The Morgan fingerprint density at radius 2 is 1.86 bits per heavy atom. The molecule has 140 valence electrons. The van der Waals surface area contributed by atoms with Crippen LogP contribution in [0.5, 0.6) is 0 Å². The molecule has 2 N–H and O–H groups in total. The molecule has 0 atom stereocenters. The molecule has 0 saturated carbocycles. The van der Waals surface area contributed by atoms with Crippen LogP contribution in [0.3, 0.4) is 0 Å². The minimum absolute atomic E-state index is 0.0812. The molecule has 0 spiro atoms. The van der Waals surface area contributed by atoms with Crippen LogP contribution >= 0.6 is 0 Å². The van der Waals surface area contributed by atoms with Gasteiger partial charge in [0.05, 0.1) is 24.0 Å². The van der Waals surface area contributed by atoms with Crippen LogP contribution < -0.4 is 5.32 Å². The maximum absolute atomic E-state index is 11.3. The lowest BCUT2D eigenvalue weighted by atomic mass is 10.0. The van der Waals surface area contributed by atoms with E-state index in [1.807, 2.05) is 55.0 Å². The molecule has 0 aliphatic heterocycles. The number of aromatic nitrogens is 4. The predicted octanol–water partition coefficient (Wildman–Crippen LogP) is 4.14. The molecule has 0 aliphatic carbocycles. The Morgan fingerprint density at radius 1 is 1.07 bits per heavy atom. The molecule has 4 aromatic rings. The van der Waals surface area contributed by atoms with E-state index in [2.05, 4.69) is 32.0 Å². The molecule has 0 unspecified atom stereocenters. The van der Waals surface area contributed by atoms with Gasteiger partial charge in [-0.1, -0.05) is 42.5 Å². The largest absolute Gasteiger partial charge is 0.348 e. The molecule has 0 fully saturated rings. The average Bonchev–Trinajstić information content (AvgIpc) is 3.37. The van der Waals surface area contributed by atoms with Gasteiger partial charge >= 0.3 is 0 Å². The molecule has 0 radical (unpaired) electrons. The number of aryl methyl sites for hydroxylation is 2. The molecule has 1 amide bonds. The van der Waals surface area contributed by atoms with Crippen LogP contribution in [0.4, 0.5) is 5.69 Å². The van der Waals surface area contributed by atoms with Crippen LogP contribution in [0.15, 0.2) is 73.4 Å². The van der Waals surface area contributed by atoms with Crippen molar-refractivity contribution in [2.75, 3.05) is 5.32 Å². The maximum atomic E-state index is 11.3. The van der Waals surface area contributed by atoms with Crippen LogP contribution in [0, 0.1) is 0 Å². The SMILES string of the molecule is CC(=O)Nc1ccc(-c2c(-c3ccccc3)ncn2CCc2cnc[nH]2)cc1. The zero-order chi connectivity index (χ0) is 19.3. The van der Waals surface area contributed by atoms with Gasteiger partial charge < -0.3 is 14.9 Å². The number of carbonyl (C=O) groups is 1. The van der Waals surface area contributed by atoms with E-state index in [9.17, 15) is 4.79 Å². The molecule has 4 rings (SSSR count). The second-order valence-corrected chi connectivity index (χ2v) is 6.59. The van der Waals surface area contributed by atoms with Crippen LogP contribution in [-0.2, 0) is 17.8 Å². The summed E-state index contributed by atoms with van der Waals surface area (Å²) in [6.45, 7) is 2.29. The third kappa shape index (κ3) is 3.86. The first-order valence-electron chi connectivity index (χ1n) is 9.16. The lowest BCUT2D eigenvalue weighted by molar-refractivity contribution is -0.114. The Labute approximate surface area is 163 Å². The Kier molecular flexibility index (Phi) is 5.01. The summed E-state index contributed by atoms with van der Waals surface area (Å²) in [5.74, 6) is -0.0812. The molecule has 2 aromatic carbocycles. The maximum Gasteiger partial charge on any atom is 0.221 e. The molecule has 0 saturated heterocycles. The summed E-state index contributed by atoms with van der Waals surface area (Å²) in [6.07, 6.45) is 6.26. The molecule has 0 bridgehead atoms. The Bertz CT molecular complexity index is 1050. The molecule has 28 heavy (non-hydrogen) atoms. The highest BCUT2D eigenvalue weighted by Crippen LogP contribution is 2.32. The summed E-state index contributed by atoms with van der Waals surface area (Å²) in [4.78, 5) is 23.2. The van der Waals surface area contributed by atoms with Gasteiger partial charge in [0.25, 0.3) is 0 Å². The van der Waals surface area contributed by atoms with E-state index in [1.165, 1.54) is 6.92 Å². The fourth-order valence-electron chi connectivity index (χ4n) is 3.24. The molecular weight excluding hydrogens is 350 g/mol. The number of carbonyl (C=O) groups excluding carboxylic acids is 1. The number of amides is 1. The minimum Gasteiger partial charge on any atom is -0.348 e. The first-order valence-corrected chi connectivity index (χ1v) is 9.16. The van der Waals surface area contributed by atoms with E-state index in [0.29, 0.717) is 0 Å². The van der Waals surface area contributed by atoms with Gasteiger partial charge in [-0.25, -0.2) is 9.97 Å². The van der Waals surface area contributed by atoms with Gasteiger partial charge in [0.2, 0.25) is 5.91 Å². The highest BCUT2D eigenvalue weighted by atomic mass is 16.1. The van der Waals surface area contributed by atoms with Crippen molar-refractivity contribution in [1.29, 1.82) is 0 Å². The topological polar surface area (TPSA) is 75.6 Å². The van der Waals surface area contributed by atoms with E-state index in [4.69, 9.17) is 4.98 Å². The summed E-state index contributed by atoms with van der Waals surface area (Å²) in [5, 5.41) is 2.81. The Balaban J connectivity index is 1.71. The van der Waals surface area contributed by atoms with Crippen molar-refractivity contribution >= 4 is 11.6 Å². The van der Waals surface area contributed by atoms with Crippen molar-refractivity contribution in [3.8, 4) is 22.5 Å². The van der Waals surface area contributed by atoms with Crippen molar-refractivity contribution in [2.45, 2.75) is 19.9 Å². The smallest absolute Gasteiger partial charge is 0.221 e. The lowest BCUT2D eigenvalue weighted by Gasteiger charge is -2.11. The molecule has 0 aliphatic rings. The number of rotatable bonds is 6. The van der Waals surface area contributed by atoms with E-state index < -0.39 is 0 Å². The van der Waals surface area contributed by atoms with Gasteiger partial charge in [-0.05, 0) is 12.1 Å². The number of imidazole rings is 2. The van der Waals surface area contributed by atoms with Crippen LogP contribution in [0.25, 0.3) is 22.5 Å². The van der Waals surface area contributed by atoms with E-state index in [0.717, 1.165) is 46.9 Å². The lowest BCUT2D eigenvalue weighted by Crippen LogP contribution is -2.06. The second kappa shape index (κ2) is 7.92. The monoisotopic (exact) mass is 371 g/mol. The van der Waals surface area contributed by atoms with Crippen LogP contribution in [-0.4, -0.2) is 25.4 Å². The molecular formula is C22H21N5O. The summed E-state index contributed by atoms with van der Waals surface area (Å²) in [5.41, 5.74) is 5.99. The number of nitrogens with zero attached hydrogens (tertiary/aromatic N) is 3. The summed E-state index contributed by atoms with van der Waals surface area (Å²) in [7, 11) is 0. The van der Waals surface area contributed by atoms with E-state index in [1.54, 1.807) is 6.33 Å². The second-order valence-electron chi connectivity index (χ2n) is 6.59. The fraction of sp³-hybridized carbons (Fsp3) is 0.136.